The zero-order chi connectivity index (χ0) is 12.4. The monoisotopic (exact) mass is 236 g/mol. The molecule has 0 bridgehead atoms. The Morgan fingerprint density at radius 2 is 2.41 bits per heavy atom. The average Bonchev–Trinajstić information content (AvgIpc) is 2.85. The van der Waals surface area contributed by atoms with Crippen molar-refractivity contribution >= 4 is 11.7 Å². The molecule has 0 saturated heterocycles. The van der Waals surface area contributed by atoms with Crippen LogP contribution in [0.1, 0.15) is 31.7 Å². The lowest BCUT2D eigenvalue weighted by atomic mass is 9.97. The number of hydrogen-bond donors (Lipinski definition) is 2. The maximum atomic E-state index is 12.0. The fourth-order valence-electron chi connectivity index (χ4n) is 2.48. The molecule has 1 aliphatic rings. The van der Waals surface area contributed by atoms with Crippen molar-refractivity contribution in [1.29, 1.82) is 0 Å². The van der Waals surface area contributed by atoms with Gasteiger partial charge in [0.15, 0.2) is 0 Å². The van der Waals surface area contributed by atoms with Gasteiger partial charge in [0.1, 0.15) is 5.82 Å². The second kappa shape index (κ2) is 4.77. The van der Waals surface area contributed by atoms with Crippen molar-refractivity contribution in [2.24, 2.45) is 18.9 Å². The number of nitrogens with zero attached hydrogens (tertiary/aromatic N) is 2. The number of nitrogens with two attached hydrogens (primary N) is 1. The van der Waals surface area contributed by atoms with Crippen LogP contribution in [-0.2, 0) is 18.4 Å². The summed E-state index contributed by atoms with van der Waals surface area (Å²) in [5.74, 6) is 1.44. The van der Waals surface area contributed by atoms with Crippen LogP contribution in [0.4, 0.5) is 5.82 Å². The van der Waals surface area contributed by atoms with Gasteiger partial charge in [-0.3, -0.25) is 9.48 Å². The lowest BCUT2D eigenvalue weighted by molar-refractivity contribution is -0.126. The van der Waals surface area contributed by atoms with Crippen molar-refractivity contribution < 1.29 is 4.79 Å². The molecule has 17 heavy (non-hydrogen) atoms. The van der Waals surface area contributed by atoms with Crippen LogP contribution in [0.15, 0.2) is 6.20 Å². The van der Waals surface area contributed by atoms with Crippen LogP contribution in [0, 0.1) is 11.8 Å². The number of nitrogen functional groups attached to an aromatic ring is 1. The van der Waals surface area contributed by atoms with Gasteiger partial charge in [0.05, 0.1) is 6.20 Å². The molecule has 1 amide bonds. The van der Waals surface area contributed by atoms with Gasteiger partial charge < -0.3 is 11.1 Å². The highest BCUT2D eigenvalue weighted by Crippen LogP contribution is 2.31. The third-order valence-electron chi connectivity index (χ3n) is 3.72. The third-order valence-corrected chi connectivity index (χ3v) is 3.72. The predicted octanol–water partition coefficient (Wildman–Crippen LogP) is 1.05. The minimum absolute atomic E-state index is 0.151. The molecule has 0 aliphatic heterocycles. The van der Waals surface area contributed by atoms with Crippen LogP contribution in [0.2, 0.25) is 0 Å². The molecule has 1 aromatic heterocycles. The molecule has 1 aliphatic carbocycles. The molecule has 2 rings (SSSR count). The van der Waals surface area contributed by atoms with Gasteiger partial charge in [0, 0.05) is 25.1 Å². The number of amides is 1. The quantitative estimate of drug-likeness (QED) is 0.824. The summed E-state index contributed by atoms with van der Waals surface area (Å²) in [6.45, 7) is 2.62. The first-order valence-electron chi connectivity index (χ1n) is 6.13. The minimum atomic E-state index is 0.151. The van der Waals surface area contributed by atoms with E-state index in [1.807, 2.05) is 0 Å². The fourth-order valence-corrected chi connectivity index (χ4v) is 2.48. The van der Waals surface area contributed by atoms with Crippen LogP contribution < -0.4 is 11.1 Å². The molecule has 1 fully saturated rings. The lowest BCUT2D eigenvalue weighted by Gasteiger charge is -2.14. The molecule has 2 atom stereocenters. The van der Waals surface area contributed by atoms with Crippen LogP contribution in [-0.4, -0.2) is 15.7 Å². The number of hydrogen-bond acceptors (Lipinski definition) is 3. The van der Waals surface area contributed by atoms with Crippen LogP contribution in [0.25, 0.3) is 0 Å². The Balaban J connectivity index is 1.90. The molecular formula is C12H20N4O. The standard InChI is InChI=1S/C12H20N4O/c1-8-4-3-5-10(8)12(17)14-6-9-7-15-16(2)11(9)13/h7-8,10H,3-6,13H2,1-2H3,(H,14,17). The molecule has 1 heterocycles. The summed E-state index contributed by atoms with van der Waals surface area (Å²) < 4.78 is 1.61. The van der Waals surface area contributed by atoms with Gasteiger partial charge in [0.2, 0.25) is 5.91 Å². The van der Waals surface area contributed by atoms with Crippen molar-refractivity contribution in [2.45, 2.75) is 32.7 Å². The zero-order valence-electron chi connectivity index (χ0n) is 10.4. The van der Waals surface area contributed by atoms with Gasteiger partial charge in [-0.05, 0) is 18.8 Å². The van der Waals surface area contributed by atoms with Gasteiger partial charge in [-0.1, -0.05) is 13.3 Å². The Labute approximate surface area is 101 Å². The van der Waals surface area contributed by atoms with Gasteiger partial charge in [-0.15, -0.1) is 0 Å². The van der Waals surface area contributed by atoms with E-state index in [1.54, 1.807) is 17.9 Å². The van der Waals surface area contributed by atoms with E-state index in [-0.39, 0.29) is 11.8 Å². The number of aromatic nitrogens is 2. The molecule has 2 unspecified atom stereocenters. The summed E-state index contributed by atoms with van der Waals surface area (Å²) in [6.07, 6.45) is 5.03. The number of aryl methyl sites for hydroxylation is 1. The molecule has 3 N–H and O–H groups in total. The van der Waals surface area contributed by atoms with Crippen molar-refractivity contribution in [3.63, 3.8) is 0 Å². The zero-order valence-corrected chi connectivity index (χ0v) is 10.4. The summed E-state index contributed by atoms with van der Waals surface area (Å²) in [6, 6.07) is 0. The average molecular weight is 236 g/mol. The molecule has 94 valence electrons. The van der Waals surface area contributed by atoms with Crippen LogP contribution in [0.3, 0.4) is 0 Å². The SMILES string of the molecule is CC1CCCC1C(=O)NCc1cnn(C)c1N. The Morgan fingerprint density at radius 3 is 2.94 bits per heavy atom. The van der Waals surface area contributed by atoms with Gasteiger partial charge in [0.25, 0.3) is 0 Å². The van der Waals surface area contributed by atoms with E-state index < -0.39 is 0 Å². The molecule has 1 saturated carbocycles. The Bertz CT molecular complexity index is 413. The van der Waals surface area contributed by atoms with Crippen LogP contribution >= 0.6 is 0 Å². The largest absolute Gasteiger partial charge is 0.384 e. The Hall–Kier alpha value is -1.52. The Morgan fingerprint density at radius 1 is 1.65 bits per heavy atom. The second-order valence-corrected chi connectivity index (χ2v) is 4.91. The molecular weight excluding hydrogens is 216 g/mol. The summed E-state index contributed by atoms with van der Waals surface area (Å²) in [7, 11) is 1.79. The highest BCUT2D eigenvalue weighted by Gasteiger charge is 2.29. The molecule has 0 radical (unpaired) electrons. The maximum absolute atomic E-state index is 12.0. The topological polar surface area (TPSA) is 72.9 Å². The van der Waals surface area contributed by atoms with Crippen molar-refractivity contribution in [3.05, 3.63) is 11.8 Å². The van der Waals surface area contributed by atoms with E-state index in [0.29, 0.717) is 18.3 Å². The first-order valence-corrected chi connectivity index (χ1v) is 6.13. The number of rotatable bonds is 3. The minimum Gasteiger partial charge on any atom is -0.384 e. The molecule has 5 nitrogen and oxygen atoms in total. The number of anilines is 1. The first-order chi connectivity index (χ1) is 8.09. The van der Waals surface area contributed by atoms with Crippen molar-refractivity contribution in [2.75, 3.05) is 5.73 Å². The third kappa shape index (κ3) is 2.43. The van der Waals surface area contributed by atoms with E-state index in [0.717, 1.165) is 24.8 Å². The maximum Gasteiger partial charge on any atom is 0.223 e. The van der Waals surface area contributed by atoms with Crippen molar-refractivity contribution in [3.8, 4) is 0 Å². The summed E-state index contributed by atoms with van der Waals surface area (Å²) >= 11 is 0. The Kier molecular flexibility index (Phi) is 3.36. The normalized spacial score (nSPS) is 23.9. The number of carbonyl (C=O) groups is 1. The summed E-state index contributed by atoms with van der Waals surface area (Å²) in [5, 5.41) is 7.00. The van der Waals surface area contributed by atoms with E-state index in [2.05, 4.69) is 17.3 Å². The highest BCUT2D eigenvalue weighted by atomic mass is 16.1. The van der Waals surface area contributed by atoms with E-state index >= 15 is 0 Å². The molecule has 5 heteroatoms. The lowest BCUT2D eigenvalue weighted by Crippen LogP contribution is -2.31. The molecule has 0 aromatic carbocycles. The fraction of sp³-hybridized carbons (Fsp3) is 0.667. The summed E-state index contributed by atoms with van der Waals surface area (Å²) in [4.78, 5) is 12.0. The van der Waals surface area contributed by atoms with E-state index in [1.165, 1.54) is 0 Å². The van der Waals surface area contributed by atoms with Gasteiger partial charge in [-0.25, -0.2) is 0 Å². The van der Waals surface area contributed by atoms with Gasteiger partial charge >= 0.3 is 0 Å². The number of carbonyl (C=O) groups excluding carboxylic acids is 1. The van der Waals surface area contributed by atoms with Crippen LogP contribution in [0.5, 0.6) is 0 Å². The van der Waals surface area contributed by atoms with E-state index in [9.17, 15) is 4.79 Å². The number of nitrogens with one attached hydrogen (secondary N) is 1. The van der Waals surface area contributed by atoms with Crippen molar-refractivity contribution in [1.82, 2.24) is 15.1 Å². The van der Waals surface area contributed by atoms with Gasteiger partial charge in [-0.2, -0.15) is 5.10 Å². The summed E-state index contributed by atoms with van der Waals surface area (Å²) in [5.41, 5.74) is 6.70. The first kappa shape index (κ1) is 12.0. The second-order valence-electron chi connectivity index (χ2n) is 4.91. The molecule has 1 aromatic rings. The smallest absolute Gasteiger partial charge is 0.223 e. The highest BCUT2D eigenvalue weighted by molar-refractivity contribution is 5.79. The van der Waals surface area contributed by atoms with E-state index in [4.69, 9.17) is 5.73 Å². The molecule has 0 spiro atoms. The predicted molar refractivity (Wildman–Crippen MR) is 66.0 cm³/mol.